The van der Waals surface area contributed by atoms with Gasteiger partial charge in [-0.05, 0) is 75.9 Å². The van der Waals surface area contributed by atoms with Crippen LogP contribution >= 0.6 is 11.6 Å². The van der Waals surface area contributed by atoms with Crippen LogP contribution in [0, 0.1) is 18.7 Å². The summed E-state index contributed by atoms with van der Waals surface area (Å²) in [4.78, 5) is 42.4. The van der Waals surface area contributed by atoms with Crippen LogP contribution in [0.25, 0.3) is 5.52 Å². The Morgan fingerprint density at radius 3 is 2.40 bits per heavy atom. The van der Waals surface area contributed by atoms with E-state index >= 15 is 0 Å². The highest BCUT2D eigenvalue weighted by molar-refractivity contribution is 6.34. The molecule has 0 radical (unpaired) electrons. The fourth-order valence-corrected chi connectivity index (χ4v) is 5.44. The molecule has 0 unspecified atom stereocenters. The van der Waals surface area contributed by atoms with Crippen molar-refractivity contribution >= 4 is 29.1 Å². The number of fused-ring (bicyclic) bond motifs is 1. The number of carbonyl (C=O) groups excluding carboxylic acids is 2. The van der Waals surface area contributed by atoms with Crippen molar-refractivity contribution in [2.45, 2.75) is 72.6 Å². The second-order valence-corrected chi connectivity index (χ2v) is 12.6. The molecular formula is C34H41ClFN5O4. The van der Waals surface area contributed by atoms with E-state index in [4.69, 9.17) is 16.3 Å². The number of nitrogens with one attached hydrogen (secondary N) is 1. The summed E-state index contributed by atoms with van der Waals surface area (Å²) in [6.45, 7) is 11.9. The van der Waals surface area contributed by atoms with Gasteiger partial charge in [-0.2, -0.15) is 9.61 Å². The van der Waals surface area contributed by atoms with Crippen LogP contribution in [0.3, 0.4) is 0 Å². The molecule has 2 heterocycles. The lowest BCUT2D eigenvalue weighted by atomic mass is 9.92. The predicted molar refractivity (Wildman–Crippen MR) is 173 cm³/mol. The molecule has 0 aliphatic carbocycles. The van der Waals surface area contributed by atoms with Crippen molar-refractivity contribution in [2.24, 2.45) is 5.92 Å². The zero-order chi connectivity index (χ0) is 32.9. The summed E-state index contributed by atoms with van der Waals surface area (Å²) in [5.41, 5.74) is 1.75. The first-order valence-corrected chi connectivity index (χ1v) is 15.5. The molecule has 2 aromatic carbocycles. The highest BCUT2D eigenvalue weighted by atomic mass is 35.5. The normalized spacial score (nSPS) is 13.0. The standard InChI is InChI=1S/C34H41ClFN5O4/c1-7-22(2)30(28-20-27-29(35)23(3)38-41(27)33(44)40(28)21-24-12-9-8-10-13-24)39(31(42)25-14-16-26(36)17-15-25)19-11-18-37-32(43)45-34(4,5)6/h8-10,12-17,20,22,30H,7,11,18-19,21H2,1-6H3,(H,37,43)/t22-,30-/m0/s1. The lowest BCUT2D eigenvalue weighted by molar-refractivity contribution is 0.0518. The Labute approximate surface area is 267 Å². The molecule has 0 aliphatic rings. The van der Waals surface area contributed by atoms with Gasteiger partial charge in [0.15, 0.2) is 0 Å². The van der Waals surface area contributed by atoms with Crippen LogP contribution in [0.5, 0.6) is 0 Å². The van der Waals surface area contributed by atoms with Gasteiger partial charge >= 0.3 is 11.8 Å². The van der Waals surface area contributed by atoms with E-state index in [-0.39, 0.29) is 37.1 Å². The van der Waals surface area contributed by atoms with Crippen LogP contribution in [-0.2, 0) is 11.3 Å². The molecule has 1 N–H and O–H groups in total. The maximum atomic E-state index is 14.3. The summed E-state index contributed by atoms with van der Waals surface area (Å²) >= 11 is 6.65. The third kappa shape index (κ3) is 8.11. The van der Waals surface area contributed by atoms with Crippen molar-refractivity contribution in [1.29, 1.82) is 0 Å². The number of aryl methyl sites for hydroxylation is 1. The first-order chi connectivity index (χ1) is 21.3. The molecule has 45 heavy (non-hydrogen) atoms. The number of nitrogens with zero attached hydrogens (tertiary/aromatic N) is 4. The fraction of sp³-hybridized carbons (Fsp3) is 0.412. The van der Waals surface area contributed by atoms with Gasteiger partial charge in [-0.3, -0.25) is 9.36 Å². The van der Waals surface area contributed by atoms with E-state index in [1.54, 1.807) is 37.2 Å². The number of carbonyl (C=O) groups is 2. The Bertz CT molecular complexity index is 1700. The average molecular weight is 638 g/mol. The molecule has 0 fully saturated rings. The van der Waals surface area contributed by atoms with Crippen molar-refractivity contribution in [2.75, 3.05) is 13.1 Å². The first-order valence-electron chi connectivity index (χ1n) is 15.2. The molecule has 0 bridgehead atoms. The van der Waals surface area contributed by atoms with Crippen molar-refractivity contribution in [3.63, 3.8) is 0 Å². The van der Waals surface area contributed by atoms with Gasteiger partial charge in [-0.1, -0.05) is 62.2 Å². The third-order valence-electron chi connectivity index (χ3n) is 7.63. The van der Waals surface area contributed by atoms with Crippen LogP contribution in [0.1, 0.15) is 80.8 Å². The van der Waals surface area contributed by atoms with E-state index < -0.39 is 23.6 Å². The van der Waals surface area contributed by atoms with Crippen molar-refractivity contribution in [3.05, 3.63) is 105 Å². The average Bonchev–Trinajstić information content (AvgIpc) is 3.28. The Morgan fingerprint density at radius 2 is 1.78 bits per heavy atom. The monoisotopic (exact) mass is 637 g/mol. The van der Waals surface area contributed by atoms with E-state index in [1.165, 1.54) is 28.8 Å². The van der Waals surface area contributed by atoms with Gasteiger partial charge in [0.1, 0.15) is 11.4 Å². The number of hydrogen-bond donors (Lipinski definition) is 1. The van der Waals surface area contributed by atoms with Crippen molar-refractivity contribution in [3.8, 4) is 0 Å². The highest BCUT2D eigenvalue weighted by Gasteiger charge is 2.33. The number of alkyl carbamates (subject to hydrolysis) is 1. The molecule has 2 atom stereocenters. The number of amides is 2. The van der Waals surface area contributed by atoms with Crippen molar-refractivity contribution < 1.29 is 18.7 Å². The molecule has 0 saturated heterocycles. The molecule has 11 heteroatoms. The summed E-state index contributed by atoms with van der Waals surface area (Å²) in [5.74, 6) is -0.891. The summed E-state index contributed by atoms with van der Waals surface area (Å²) in [7, 11) is 0. The topological polar surface area (TPSA) is 97.9 Å². The minimum Gasteiger partial charge on any atom is -0.444 e. The number of aromatic nitrogens is 3. The maximum Gasteiger partial charge on any atom is 0.407 e. The van der Waals surface area contributed by atoms with Gasteiger partial charge in [0.05, 0.1) is 28.8 Å². The zero-order valence-corrected chi connectivity index (χ0v) is 27.4. The lowest BCUT2D eigenvalue weighted by Gasteiger charge is -2.37. The quantitative estimate of drug-likeness (QED) is 0.183. The highest BCUT2D eigenvalue weighted by Crippen LogP contribution is 2.34. The summed E-state index contributed by atoms with van der Waals surface area (Å²) < 4.78 is 22.2. The van der Waals surface area contributed by atoms with E-state index in [0.717, 1.165) is 5.56 Å². The van der Waals surface area contributed by atoms with Gasteiger partial charge in [0.25, 0.3) is 5.91 Å². The Morgan fingerprint density at radius 1 is 1.11 bits per heavy atom. The molecule has 2 aromatic heterocycles. The van der Waals surface area contributed by atoms with Crippen LogP contribution in [-0.4, -0.2) is 49.8 Å². The van der Waals surface area contributed by atoms with Crippen LogP contribution in [0.15, 0.2) is 65.5 Å². The molecule has 0 spiro atoms. The van der Waals surface area contributed by atoms with Gasteiger partial charge in [-0.25, -0.2) is 14.0 Å². The number of ether oxygens (including phenoxy) is 1. The number of hydrogen-bond acceptors (Lipinski definition) is 5. The number of rotatable bonds is 11. The Hall–Kier alpha value is -4.18. The van der Waals surface area contributed by atoms with E-state index in [2.05, 4.69) is 10.4 Å². The summed E-state index contributed by atoms with van der Waals surface area (Å²) in [5, 5.41) is 7.52. The summed E-state index contributed by atoms with van der Waals surface area (Å²) in [6.07, 6.45) is 0.534. The SMILES string of the molecule is CC[C@H](C)[C@@H](c1cc2c(Cl)c(C)nn2c(=O)n1Cc1ccccc1)N(CCCNC(=O)OC(C)(C)C)C(=O)c1ccc(F)cc1. The lowest BCUT2D eigenvalue weighted by Crippen LogP contribution is -2.43. The first kappa shape index (κ1) is 33.7. The molecule has 240 valence electrons. The number of benzene rings is 2. The van der Waals surface area contributed by atoms with Crippen molar-refractivity contribution in [1.82, 2.24) is 24.4 Å². The van der Waals surface area contributed by atoms with Crippen LogP contribution in [0.4, 0.5) is 9.18 Å². The smallest absolute Gasteiger partial charge is 0.407 e. The predicted octanol–water partition coefficient (Wildman–Crippen LogP) is 6.79. The van der Waals surface area contributed by atoms with Gasteiger partial charge < -0.3 is 15.0 Å². The fourth-order valence-electron chi connectivity index (χ4n) is 5.27. The largest absolute Gasteiger partial charge is 0.444 e. The second-order valence-electron chi connectivity index (χ2n) is 12.2. The second kappa shape index (κ2) is 14.3. The minimum atomic E-state index is -0.648. The van der Waals surface area contributed by atoms with Crippen LogP contribution < -0.4 is 11.0 Å². The van der Waals surface area contributed by atoms with Gasteiger partial charge in [0, 0.05) is 24.3 Å². The van der Waals surface area contributed by atoms with Gasteiger partial charge in [-0.15, -0.1) is 0 Å². The molecule has 4 rings (SSSR count). The van der Waals surface area contributed by atoms with E-state index in [1.807, 2.05) is 50.2 Å². The molecule has 9 nitrogen and oxygen atoms in total. The molecular weight excluding hydrogens is 597 g/mol. The van der Waals surface area contributed by atoms with Gasteiger partial charge in [0.2, 0.25) is 0 Å². The number of halogens is 2. The Balaban J connectivity index is 1.83. The molecule has 4 aromatic rings. The molecule has 2 amide bonds. The van der Waals surface area contributed by atoms with E-state index in [9.17, 15) is 18.8 Å². The molecule has 0 aliphatic heterocycles. The zero-order valence-electron chi connectivity index (χ0n) is 26.6. The Kier molecular flexibility index (Phi) is 10.7. The van der Waals surface area contributed by atoms with E-state index in [0.29, 0.717) is 40.3 Å². The molecule has 0 saturated carbocycles. The summed E-state index contributed by atoms with van der Waals surface area (Å²) in [6, 6.07) is 16.2. The minimum absolute atomic E-state index is 0.111. The van der Waals surface area contributed by atoms with Crippen LogP contribution in [0.2, 0.25) is 5.02 Å². The maximum absolute atomic E-state index is 14.3. The third-order valence-corrected chi connectivity index (χ3v) is 8.10.